The molecule has 0 aromatic heterocycles. The molecule has 0 aromatic carbocycles. The van der Waals surface area contributed by atoms with Crippen LogP contribution in [-0.2, 0) is 14.9 Å². The van der Waals surface area contributed by atoms with Gasteiger partial charge in [-0.15, -0.1) is 0 Å². The van der Waals surface area contributed by atoms with E-state index in [1.165, 1.54) is 64.2 Å². The van der Waals surface area contributed by atoms with Crippen LogP contribution < -0.4 is 0 Å². The van der Waals surface area contributed by atoms with Crippen molar-refractivity contribution in [1.82, 2.24) is 0 Å². The monoisotopic (exact) mass is 378 g/mol. The summed E-state index contributed by atoms with van der Waals surface area (Å²) in [4.78, 5) is 0. The van der Waals surface area contributed by atoms with E-state index in [9.17, 15) is 8.42 Å². The quantitative estimate of drug-likeness (QED) is 0.216. The van der Waals surface area contributed by atoms with Crippen molar-refractivity contribution in [3.8, 4) is 0 Å². The van der Waals surface area contributed by atoms with Gasteiger partial charge in [-0.3, -0.25) is 4.55 Å². The second-order valence-electron chi connectivity index (χ2n) is 7.25. The SMILES string of the molecule is CCCCCCCCCCCCCC(CCS(=O)(=O)O)OCCCC. The summed E-state index contributed by atoms with van der Waals surface area (Å²) < 4.78 is 36.6. The van der Waals surface area contributed by atoms with Crippen LogP contribution in [-0.4, -0.2) is 31.4 Å². The van der Waals surface area contributed by atoms with Gasteiger partial charge in [-0.05, 0) is 19.3 Å². The topological polar surface area (TPSA) is 63.6 Å². The maximum atomic E-state index is 10.9. The Kier molecular flexibility index (Phi) is 17.2. The van der Waals surface area contributed by atoms with Gasteiger partial charge in [0.25, 0.3) is 10.1 Å². The molecule has 1 N–H and O–H groups in total. The minimum Gasteiger partial charge on any atom is -0.378 e. The predicted octanol–water partition coefficient (Wildman–Crippen LogP) is 6.15. The fraction of sp³-hybridized carbons (Fsp3) is 1.00. The summed E-state index contributed by atoms with van der Waals surface area (Å²) >= 11 is 0. The second kappa shape index (κ2) is 17.3. The zero-order valence-electron chi connectivity index (χ0n) is 16.7. The zero-order valence-corrected chi connectivity index (χ0v) is 17.5. The van der Waals surface area contributed by atoms with Crippen molar-refractivity contribution >= 4 is 10.1 Å². The lowest BCUT2D eigenvalue weighted by atomic mass is 10.0. The second-order valence-corrected chi connectivity index (χ2v) is 8.82. The first-order chi connectivity index (χ1) is 12.0. The standard InChI is InChI=1S/C20H42O4S/c1-3-5-7-8-9-10-11-12-13-14-15-16-20(24-18-6-4-2)17-19-25(21,22)23/h20H,3-19H2,1-2H3,(H,21,22,23). The lowest BCUT2D eigenvalue weighted by Gasteiger charge is -2.17. The van der Waals surface area contributed by atoms with Crippen LogP contribution in [0.3, 0.4) is 0 Å². The highest BCUT2D eigenvalue weighted by atomic mass is 32.2. The first-order valence-corrected chi connectivity index (χ1v) is 12.2. The summed E-state index contributed by atoms with van der Waals surface area (Å²) in [7, 11) is -3.88. The van der Waals surface area contributed by atoms with Crippen LogP contribution >= 0.6 is 0 Å². The Morgan fingerprint density at radius 3 is 1.68 bits per heavy atom. The molecule has 0 radical (unpaired) electrons. The smallest absolute Gasteiger partial charge is 0.264 e. The molecule has 0 saturated carbocycles. The maximum absolute atomic E-state index is 10.9. The van der Waals surface area contributed by atoms with Gasteiger partial charge in [-0.2, -0.15) is 8.42 Å². The van der Waals surface area contributed by atoms with Crippen LogP contribution in [0.15, 0.2) is 0 Å². The minimum atomic E-state index is -3.88. The summed E-state index contributed by atoms with van der Waals surface area (Å²) in [6, 6.07) is 0. The molecule has 0 aromatic rings. The number of rotatable bonds is 19. The van der Waals surface area contributed by atoms with Gasteiger partial charge in [0.2, 0.25) is 0 Å². The Morgan fingerprint density at radius 1 is 0.720 bits per heavy atom. The maximum Gasteiger partial charge on any atom is 0.264 e. The molecule has 1 unspecified atom stereocenters. The van der Waals surface area contributed by atoms with E-state index in [0.29, 0.717) is 13.0 Å². The van der Waals surface area contributed by atoms with Crippen LogP contribution in [0, 0.1) is 0 Å². The van der Waals surface area contributed by atoms with E-state index >= 15 is 0 Å². The lowest BCUT2D eigenvalue weighted by molar-refractivity contribution is 0.0416. The highest BCUT2D eigenvalue weighted by molar-refractivity contribution is 7.85. The normalized spacial score (nSPS) is 13.2. The van der Waals surface area contributed by atoms with Crippen LogP contribution in [0.2, 0.25) is 0 Å². The number of unbranched alkanes of at least 4 members (excludes halogenated alkanes) is 11. The molecule has 0 heterocycles. The van der Waals surface area contributed by atoms with Gasteiger partial charge in [0.15, 0.2) is 0 Å². The van der Waals surface area contributed by atoms with Crippen molar-refractivity contribution in [1.29, 1.82) is 0 Å². The van der Waals surface area contributed by atoms with Crippen LogP contribution in [0.5, 0.6) is 0 Å². The molecule has 0 rings (SSSR count). The third-order valence-electron chi connectivity index (χ3n) is 4.68. The average Bonchev–Trinajstić information content (AvgIpc) is 2.56. The van der Waals surface area contributed by atoms with E-state index < -0.39 is 10.1 Å². The summed E-state index contributed by atoms with van der Waals surface area (Å²) in [5.74, 6) is -0.193. The molecule has 0 aliphatic rings. The van der Waals surface area contributed by atoms with Crippen molar-refractivity contribution in [2.24, 2.45) is 0 Å². The molecular formula is C20H42O4S. The van der Waals surface area contributed by atoms with Crippen LogP contribution in [0.4, 0.5) is 0 Å². The molecule has 1 atom stereocenters. The predicted molar refractivity (Wildman–Crippen MR) is 107 cm³/mol. The van der Waals surface area contributed by atoms with Gasteiger partial charge < -0.3 is 4.74 Å². The molecule has 4 nitrogen and oxygen atoms in total. The molecular weight excluding hydrogens is 336 g/mol. The van der Waals surface area contributed by atoms with E-state index in [-0.39, 0.29) is 11.9 Å². The molecule has 0 bridgehead atoms. The van der Waals surface area contributed by atoms with Gasteiger partial charge in [-0.1, -0.05) is 90.9 Å². The molecule has 0 saturated heterocycles. The van der Waals surface area contributed by atoms with Crippen LogP contribution in [0.1, 0.15) is 110 Å². The lowest BCUT2D eigenvalue weighted by Crippen LogP contribution is -2.19. The highest BCUT2D eigenvalue weighted by Gasteiger charge is 2.13. The summed E-state index contributed by atoms with van der Waals surface area (Å²) in [5.41, 5.74) is 0. The van der Waals surface area contributed by atoms with Crippen molar-refractivity contribution in [3.63, 3.8) is 0 Å². The third kappa shape index (κ3) is 20.0. The number of ether oxygens (including phenoxy) is 1. The number of hydrogen-bond donors (Lipinski definition) is 1. The van der Waals surface area contributed by atoms with Gasteiger partial charge in [-0.25, -0.2) is 0 Å². The van der Waals surface area contributed by atoms with E-state index in [4.69, 9.17) is 9.29 Å². The first-order valence-electron chi connectivity index (χ1n) is 10.6. The van der Waals surface area contributed by atoms with Crippen LogP contribution in [0.25, 0.3) is 0 Å². The highest BCUT2D eigenvalue weighted by Crippen LogP contribution is 2.15. The molecule has 0 aliphatic heterocycles. The van der Waals surface area contributed by atoms with E-state index in [1.807, 2.05) is 0 Å². The molecule has 0 spiro atoms. The van der Waals surface area contributed by atoms with Gasteiger partial charge in [0, 0.05) is 6.61 Å². The first kappa shape index (κ1) is 24.9. The molecule has 152 valence electrons. The average molecular weight is 379 g/mol. The van der Waals surface area contributed by atoms with Gasteiger partial charge in [0.05, 0.1) is 11.9 Å². The van der Waals surface area contributed by atoms with E-state index in [2.05, 4.69) is 13.8 Å². The Labute approximate surface area is 156 Å². The van der Waals surface area contributed by atoms with Crippen molar-refractivity contribution < 1.29 is 17.7 Å². The van der Waals surface area contributed by atoms with Crippen molar-refractivity contribution in [2.45, 2.75) is 116 Å². The molecule has 25 heavy (non-hydrogen) atoms. The summed E-state index contributed by atoms with van der Waals surface area (Å²) in [6.45, 7) is 5.05. The molecule has 5 heteroatoms. The summed E-state index contributed by atoms with van der Waals surface area (Å²) in [6.07, 6.45) is 17.7. The van der Waals surface area contributed by atoms with Crippen molar-refractivity contribution in [2.75, 3.05) is 12.4 Å². The van der Waals surface area contributed by atoms with Gasteiger partial charge in [0.1, 0.15) is 0 Å². The Balaban J connectivity index is 3.65. The Bertz CT molecular complexity index is 368. The molecule has 0 aliphatic carbocycles. The Morgan fingerprint density at radius 2 is 1.20 bits per heavy atom. The fourth-order valence-electron chi connectivity index (χ4n) is 3.02. The van der Waals surface area contributed by atoms with Crippen molar-refractivity contribution in [3.05, 3.63) is 0 Å². The molecule has 0 fully saturated rings. The fourth-order valence-corrected chi connectivity index (χ4v) is 3.58. The minimum absolute atomic E-state index is 0.0351. The zero-order chi connectivity index (χ0) is 18.8. The third-order valence-corrected chi connectivity index (χ3v) is 5.43. The number of hydrogen-bond acceptors (Lipinski definition) is 3. The van der Waals surface area contributed by atoms with Gasteiger partial charge >= 0.3 is 0 Å². The largest absolute Gasteiger partial charge is 0.378 e. The summed E-state index contributed by atoms with van der Waals surface area (Å²) in [5, 5.41) is 0. The Hall–Kier alpha value is -0.130. The van der Waals surface area contributed by atoms with E-state index in [1.54, 1.807) is 0 Å². The molecule has 0 amide bonds. The van der Waals surface area contributed by atoms with E-state index in [0.717, 1.165) is 25.7 Å².